The van der Waals surface area contributed by atoms with Gasteiger partial charge in [0.1, 0.15) is 5.69 Å². The van der Waals surface area contributed by atoms with E-state index in [0.717, 1.165) is 5.56 Å². The molecule has 0 fully saturated rings. The molecule has 4 rings (SSSR count). The van der Waals surface area contributed by atoms with Gasteiger partial charge in [-0.1, -0.05) is 54.2 Å². The van der Waals surface area contributed by atoms with Crippen molar-refractivity contribution in [3.63, 3.8) is 0 Å². The molecule has 0 atom stereocenters. The average molecular weight is 435 g/mol. The van der Waals surface area contributed by atoms with Crippen molar-refractivity contribution in [1.82, 2.24) is 14.8 Å². The molecule has 2 heterocycles. The molecule has 0 saturated heterocycles. The fraction of sp³-hybridized carbons (Fsp3) is 0.0952. The second kappa shape index (κ2) is 9.26. The Morgan fingerprint density at radius 2 is 1.84 bits per heavy atom. The Morgan fingerprint density at radius 1 is 1.06 bits per heavy atom. The highest BCUT2D eigenvalue weighted by Gasteiger charge is 2.19. The van der Waals surface area contributed by atoms with Crippen molar-refractivity contribution >= 4 is 29.0 Å². The third-order valence-electron chi connectivity index (χ3n) is 4.35. The maximum absolute atomic E-state index is 12.4. The zero-order chi connectivity index (χ0) is 21.6. The summed E-state index contributed by atoms with van der Waals surface area (Å²) in [7, 11) is 0. The van der Waals surface area contributed by atoms with Gasteiger partial charge in [0, 0.05) is 6.07 Å². The van der Waals surface area contributed by atoms with E-state index in [4.69, 9.17) is 4.42 Å². The van der Waals surface area contributed by atoms with Gasteiger partial charge in [-0.05, 0) is 23.8 Å². The van der Waals surface area contributed by atoms with Gasteiger partial charge in [-0.25, -0.2) is 0 Å². The molecule has 4 aromatic rings. The molecule has 0 radical (unpaired) electrons. The van der Waals surface area contributed by atoms with Crippen molar-refractivity contribution in [2.24, 2.45) is 0 Å². The largest absolute Gasteiger partial charge is 0.461 e. The van der Waals surface area contributed by atoms with Crippen LogP contribution in [0.1, 0.15) is 5.56 Å². The number of nitro groups is 1. The fourth-order valence-corrected chi connectivity index (χ4v) is 3.68. The average Bonchev–Trinajstić information content (AvgIpc) is 3.43. The first-order chi connectivity index (χ1) is 15.1. The second-order valence-electron chi connectivity index (χ2n) is 6.47. The third-order valence-corrected chi connectivity index (χ3v) is 5.32. The summed E-state index contributed by atoms with van der Waals surface area (Å²) in [4.78, 5) is 23.0. The number of nitro benzene ring substituents is 1. The van der Waals surface area contributed by atoms with Crippen LogP contribution in [0.5, 0.6) is 0 Å². The smallest absolute Gasteiger partial charge is 0.292 e. The van der Waals surface area contributed by atoms with E-state index >= 15 is 0 Å². The first kappa shape index (κ1) is 20.4. The van der Waals surface area contributed by atoms with Crippen LogP contribution >= 0.6 is 11.8 Å². The standard InChI is InChI=1S/C21H17N5O4S/c27-19(22-16-9-4-5-10-17(16)26(28)29)14-31-21-24-23-20(18-11-6-12-30-18)25(21)13-15-7-2-1-3-8-15/h1-12H,13-14H2,(H,22,27). The Hall–Kier alpha value is -3.92. The van der Waals surface area contributed by atoms with Crippen LogP contribution in [-0.2, 0) is 11.3 Å². The quantitative estimate of drug-likeness (QED) is 0.250. The summed E-state index contributed by atoms with van der Waals surface area (Å²) in [5.41, 5.74) is 1.04. The van der Waals surface area contributed by atoms with Crippen LogP contribution in [-0.4, -0.2) is 31.3 Å². The molecular formula is C21H17N5O4S. The molecule has 2 aromatic carbocycles. The Kier molecular flexibility index (Phi) is 6.08. The molecule has 10 heteroatoms. The van der Waals surface area contributed by atoms with Gasteiger partial charge >= 0.3 is 0 Å². The van der Waals surface area contributed by atoms with Crippen LogP contribution < -0.4 is 5.32 Å². The lowest BCUT2D eigenvalue weighted by Gasteiger charge is -2.09. The van der Waals surface area contributed by atoms with E-state index in [1.807, 2.05) is 34.9 Å². The van der Waals surface area contributed by atoms with Crippen molar-refractivity contribution in [1.29, 1.82) is 0 Å². The first-order valence-electron chi connectivity index (χ1n) is 9.29. The Labute approximate surface area is 181 Å². The summed E-state index contributed by atoms with van der Waals surface area (Å²) in [6, 6.07) is 19.4. The number of hydrogen-bond donors (Lipinski definition) is 1. The number of nitrogens with one attached hydrogen (secondary N) is 1. The molecular weight excluding hydrogens is 418 g/mol. The molecule has 0 aliphatic rings. The van der Waals surface area contributed by atoms with Crippen LogP contribution in [0.4, 0.5) is 11.4 Å². The topological polar surface area (TPSA) is 116 Å². The van der Waals surface area contributed by atoms with Gasteiger partial charge < -0.3 is 9.73 Å². The zero-order valence-corrected chi connectivity index (χ0v) is 17.0. The number of benzene rings is 2. The first-order valence-corrected chi connectivity index (χ1v) is 10.3. The molecule has 1 amide bonds. The molecule has 31 heavy (non-hydrogen) atoms. The Bertz CT molecular complexity index is 1190. The number of carbonyl (C=O) groups excluding carboxylic acids is 1. The van der Waals surface area contributed by atoms with Gasteiger partial charge in [0.2, 0.25) is 11.7 Å². The van der Waals surface area contributed by atoms with Gasteiger partial charge in [-0.15, -0.1) is 10.2 Å². The number of nitrogens with zero attached hydrogens (tertiary/aromatic N) is 4. The number of hydrogen-bond acceptors (Lipinski definition) is 7. The van der Waals surface area contributed by atoms with E-state index in [-0.39, 0.29) is 23.0 Å². The molecule has 0 bridgehead atoms. The van der Waals surface area contributed by atoms with Crippen molar-refractivity contribution in [2.45, 2.75) is 11.7 Å². The number of anilines is 1. The van der Waals surface area contributed by atoms with Crippen molar-refractivity contribution in [3.8, 4) is 11.6 Å². The number of furan rings is 1. The highest BCUT2D eigenvalue weighted by molar-refractivity contribution is 7.99. The van der Waals surface area contributed by atoms with Gasteiger partial charge in [0.15, 0.2) is 10.9 Å². The minimum Gasteiger partial charge on any atom is -0.461 e. The van der Waals surface area contributed by atoms with E-state index in [9.17, 15) is 14.9 Å². The monoisotopic (exact) mass is 435 g/mol. The Balaban J connectivity index is 1.52. The zero-order valence-electron chi connectivity index (χ0n) is 16.2. The van der Waals surface area contributed by atoms with Crippen LogP contribution in [0.3, 0.4) is 0 Å². The number of aromatic nitrogens is 3. The van der Waals surface area contributed by atoms with E-state index in [0.29, 0.717) is 23.3 Å². The predicted octanol–water partition coefficient (Wildman–Crippen LogP) is 4.23. The SMILES string of the molecule is O=C(CSc1nnc(-c2ccco2)n1Cc1ccccc1)Nc1ccccc1[N+](=O)[O-]. The normalized spacial score (nSPS) is 10.7. The van der Waals surface area contributed by atoms with Crippen molar-refractivity contribution in [2.75, 3.05) is 11.1 Å². The molecule has 0 unspecified atom stereocenters. The maximum Gasteiger partial charge on any atom is 0.292 e. The molecule has 2 aromatic heterocycles. The van der Waals surface area contributed by atoms with Crippen LogP contribution in [0.15, 0.2) is 82.6 Å². The molecule has 0 aliphatic carbocycles. The van der Waals surface area contributed by atoms with E-state index in [1.165, 1.54) is 23.9 Å². The molecule has 0 saturated carbocycles. The summed E-state index contributed by atoms with van der Waals surface area (Å²) in [6.45, 7) is 0.498. The number of rotatable bonds is 8. The summed E-state index contributed by atoms with van der Waals surface area (Å²) in [5, 5.41) is 22.7. The van der Waals surface area contributed by atoms with E-state index < -0.39 is 4.92 Å². The molecule has 0 aliphatic heterocycles. The van der Waals surface area contributed by atoms with Gasteiger partial charge in [-0.3, -0.25) is 19.5 Å². The van der Waals surface area contributed by atoms with E-state index in [2.05, 4.69) is 15.5 Å². The van der Waals surface area contributed by atoms with Gasteiger partial charge in [0.25, 0.3) is 5.69 Å². The molecule has 9 nitrogen and oxygen atoms in total. The predicted molar refractivity (Wildman–Crippen MR) is 116 cm³/mol. The van der Waals surface area contributed by atoms with E-state index in [1.54, 1.807) is 30.5 Å². The van der Waals surface area contributed by atoms with Crippen LogP contribution in [0, 0.1) is 10.1 Å². The lowest BCUT2D eigenvalue weighted by atomic mass is 10.2. The fourth-order valence-electron chi connectivity index (χ4n) is 2.95. The second-order valence-corrected chi connectivity index (χ2v) is 7.41. The number of para-hydroxylation sites is 2. The summed E-state index contributed by atoms with van der Waals surface area (Å²) >= 11 is 1.19. The van der Waals surface area contributed by atoms with Crippen molar-refractivity contribution < 1.29 is 14.1 Å². The minimum absolute atomic E-state index is 0.0110. The number of carbonyl (C=O) groups is 1. The van der Waals surface area contributed by atoms with Gasteiger partial charge in [-0.2, -0.15) is 0 Å². The van der Waals surface area contributed by atoms with Crippen molar-refractivity contribution in [3.05, 3.63) is 88.7 Å². The number of thioether (sulfide) groups is 1. The minimum atomic E-state index is -0.533. The molecule has 0 spiro atoms. The van der Waals surface area contributed by atoms with Crippen LogP contribution in [0.2, 0.25) is 0 Å². The summed E-state index contributed by atoms with van der Waals surface area (Å²) in [6.07, 6.45) is 1.56. The third kappa shape index (κ3) is 4.81. The summed E-state index contributed by atoms with van der Waals surface area (Å²) in [5.74, 6) is 0.750. The van der Waals surface area contributed by atoms with Gasteiger partial charge in [0.05, 0.1) is 23.5 Å². The Morgan fingerprint density at radius 3 is 2.58 bits per heavy atom. The molecule has 156 valence electrons. The lowest BCUT2D eigenvalue weighted by Crippen LogP contribution is -2.15. The summed E-state index contributed by atoms with van der Waals surface area (Å²) < 4.78 is 7.35. The highest BCUT2D eigenvalue weighted by atomic mass is 32.2. The highest BCUT2D eigenvalue weighted by Crippen LogP contribution is 2.27. The number of amides is 1. The van der Waals surface area contributed by atoms with Crippen LogP contribution in [0.25, 0.3) is 11.6 Å². The maximum atomic E-state index is 12.4. The lowest BCUT2D eigenvalue weighted by molar-refractivity contribution is -0.383. The molecule has 1 N–H and O–H groups in total.